The third kappa shape index (κ3) is 3.47. The van der Waals surface area contributed by atoms with Crippen molar-refractivity contribution in [2.45, 2.75) is 32.1 Å². The molecule has 26 heavy (non-hydrogen) atoms. The highest BCUT2D eigenvalue weighted by Crippen LogP contribution is 2.49. The molecule has 0 bridgehead atoms. The van der Waals surface area contributed by atoms with Crippen molar-refractivity contribution in [3.8, 4) is 0 Å². The summed E-state index contributed by atoms with van der Waals surface area (Å²) in [6, 6.07) is 14.9. The molecule has 2 aromatic rings. The van der Waals surface area contributed by atoms with E-state index >= 15 is 0 Å². The van der Waals surface area contributed by atoms with E-state index < -0.39 is 5.41 Å². The molecule has 0 saturated heterocycles. The summed E-state index contributed by atoms with van der Waals surface area (Å²) in [5.41, 5.74) is 1.66. The molecular formula is C21H23ClN2O2. The zero-order chi connectivity index (χ0) is 18.7. The number of halogens is 1. The second-order valence-electron chi connectivity index (χ2n) is 6.57. The van der Waals surface area contributed by atoms with Gasteiger partial charge in [0.25, 0.3) is 5.91 Å². The average molecular weight is 371 g/mol. The molecule has 0 heterocycles. The highest BCUT2D eigenvalue weighted by Gasteiger charge is 2.51. The van der Waals surface area contributed by atoms with E-state index in [1.165, 1.54) is 0 Å². The number of benzene rings is 2. The molecule has 1 aliphatic carbocycles. The molecule has 5 heteroatoms. The van der Waals surface area contributed by atoms with Gasteiger partial charge in [-0.1, -0.05) is 41.9 Å². The van der Waals surface area contributed by atoms with Crippen LogP contribution >= 0.6 is 11.6 Å². The number of hydrogen-bond acceptors (Lipinski definition) is 2. The number of carbonyl (C=O) groups excluding carboxylic acids is 2. The SMILES string of the molecule is CCN(CC)C(=O)c1ccc(NC(=O)C2(c3ccccc3)CC2)cc1Cl. The minimum Gasteiger partial charge on any atom is -0.339 e. The van der Waals surface area contributed by atoms with Crippen molar-refractivity contribution < 1.29 is 9.59 Å². The van der Waals surface area contributed by atoms with Crippen molar-refractivity contribution >= 4 is 29.1 Å². The van der Waals surface area contributed by atoms with Gasteiger partial charge in [0, 0.05) is 18.8 Å². The molecule has 0 aliphatic heterocycles. The molecule has 0 spiro atoms. The van der Waals surface area contributed by atoms with Gasteiger partial charge in [-0.3, -0.25) is 9.59 Å². The summed E-state index contributed by atoms with van der Waals surface area (Å²) in [5, 5.41) is 3.31. The lowest BCUT2D eigenvalue weighted by Gasteiger charge is -2.20. The summed E-state index contributed by atoms with van der Waals surface area (Å²) in [6.45, 7) is 5.12. The highest BCUT2D eigenvalue weighted by atomic mass is 35.5. The van der Waals surface area contributed by atoms with Gasteiger partial charge >= 0.3 is 0 Å². The molecular weight excluding hydrogens is 348 g/mol. The van der Waals surface area contributed by atoms with E-state index in [9.17, 15) is 9.59 Å². The Morgan fingerprint density at radius 2 is 1.73 bits per heavy atom. The van der Waals surface area contributed by atoms with Gasteiger partial charge in [-0.25, -0.2) is 0 Å². The van der Waals surface area contributed by atoms with E-state index in [1.54, 1.807) is 23.1 Å². The van der Waals surface area contributed by atoms with E-state index in [0.717, 1.165) is 18.4 Å². The molecule has 3 rings (SSSR count). The molecule has 1 saturated carbocycles. The quantitative estimate of drug-likeness (QED) is 0.814. The van der Waals surface area contributed by atoms with E-state index in [-0.39, 0.29) is 11.8 Å². The van der Waals surface area contributed by atoms with Crippen LogP contribution < -0.4 is 5.32 Å². The van der Waals surface area contributed by atoms with Gasteiger partial charge in [0.2, 0.25) is 5.91 Å². The van der Waals surface area contributed by atoms with E-state index in [4.69, 9.17) is 11.6 Å². The Morgan fingerprint density at radius 3 is 2.27 bits per heavy atom. The Bertz CT molecular complexity index is 812. The van der Waals surface area contributed by atoms with Gasteiger partial charge in [0.05, 0.1) is 16.0 Å². The molecule has 2 amide bonds. The normalized spacial score (nSPS) is 14.6. The van der Waals surface area contributed by atoms with Crippen molar-refractivity contribution in [2.24, 2.45) is 0 Å². The molecule has 136 valence electrons. The fourth-order valence-electron chi connectivity index (χ4n) is 3.23. The van der Waals surface area contributed by atoms with Crippen LogP contribution in [0.25, 0.3) is 0 Å². The van der Waals surface area contributed by atoms with Gasteiger partial charge < -0.3 is 10.2 Å². The average Bonchev–Trinajstić information content (AvgIpc) is 3.45. The second kappa shape index (κ2) is 7.50. The topological polar surface area (TPSA) is 49.4 Å². The first-order valence-electron chi connectivity index (χ1n) is 8.97. The molecule has 4 nitrogen and oxygen atoms in total. The number of carbonyl (C=O) groups is 2. The Labute approximate surface area is 159 Å². The number of nitrogens with one attached hydrogen (secondary N) is 1. The Morgan fingerprint density at radius 1 is 1.08 bits per heavy atom. The third-order valence-corrected chi connectivity index (χ3v) is 5.33. The Hall–Kier alpha value is -2.33. The summed E-state index contributed by atoms with van der Waals surface area (Å²) in [7, 11) is 0. The molecule has 2 aromatic carbocycles. The summed E-state index contributed by atoms with van der Waals surface area (Å²) < 4.78 is 0. The molecule has 0 aromatic heterocycles. The summed E-state index contributed by atoms with van der Waals surface area (Å²) in [4.78, 5) is 27.0. The van der Waals surface area contributed by atoms with Gasteiger partial charge in [0.1, 0.15) is 0 Å². The van der Waals surface area contributed by atoms with Crippen molar-refractivity contribution in [3.05, 3.63) is 64.7 Å². The van der Waals surface area contributed by atoms with Crippen LogP contribution in [0.4, 0.5) is 5.69 Å². The standard InChI is InChI=1S/C21H23ClN2O2/c1-3-24(4-2)19(25)17-11-10-16(14-18(17)22)23-20(26)21(12-13-21)15-8-6-5-7-9-15/h5-11,14H,3-4,12-13H2,1-2H3,(H,23,26). The third-order valence-electron chi connectivity index (χ3n) is 5.02. The number of rotatable bonds is 6. The van der Waals surface area contributed by atoms with Crippen LogP contribution in [-0.2, 0) is 10.2 Å². The van der Waals surface area contributed by atoms with Crippen LogP contribution in [-0.4, -0.2) is 29.8 Å². The van der Waals surface area contributed by atoms with E-state index in [1.807, 2.05) is 44.2 Å². The zero-order valence-corrected chi connectivity index (χ0v) is 15.8. The van der Waals surface area contributed by atoms with Crippen LogP contribution in [0, 0.1) is 0 Å². The lowest BCUT2D eigenvalue weighted by atomic mass is 9.95. The largest absolute Gasteiger partial charge is 0.339 e. The molecule has 1 N–H and O–H groups in total. The van der Waals surface area contributed by atoms with Gasteiger partial charge in [-0.05, 0) is 50.5 Å². The predicted molar refractivity (Wildman–Crippen MR) is 105 cm³/mol. The van der Waals surface area contributed by atoms with Crippen LogP contribution in [0.1, 0.15) is 42.6 Å². The smallest absolute Gasteiger partial charge is 0.255 e. The van der Waals surface area contributed by atoms with Gasteiger partial charge in [0.15, 0.2) is 0 Å². The summed E-state index contributed by atoms with van der Waals surface area (Å²) in [5.74, 6) is -0.122. The number of hydrogen-bond donors (Lipinski definition) is 1. The van der Waals surface area contributed by atoms with Gasteiger partial charge in [-0.15, -0.1) is 0 Å². The molecule has 0 unspecified atom stereocenters. The Balaban J connectivity index is 1.76. The van der Waals surface area contributed by atoms with Crippen LogP contribution in [0.15, 0.2) is 48.5 Å². The van der Waals surface area contributed by atoms with Crippen molar-refractivity contribution in [1.82, 2.24) is 4.90 Å². The second-order valence-corrected chi connectivity index (χ2v) is 6.98. The molecule has 1 fully saturated rings. The number of nitrogens with zero attached hydrogens (tertiary/aromatic N) is 1. The van der Waals surface area contributed by atoms with E-state index in [0.29, 0.717) is 29.4 Å². The van der Waals surface area contributed by atoms with Crippen molar-refractivity contribution in [3.63, 3.8) is 0 Å². The van der Waals surface area contributed by atoms with Crippen molar-refractivity contribution in [1.29, 1.82) is 0 Å². The van der Waals surface area contributed by atoms with E-state index in [2.05, 4.69) is 5.32 Å². The molecule has 0 radical (unpaired) electrons. The van der Waals surface area contributed by atoms with Gasteiger partial charge in [-0.2, -0.15) is 0 Å². The minimum atomic E-state index is -0.441. The lowest BCUT2D eigenvalue weighted by molar-refractivity contribution is -0.118. The van der Waals surface area contributed by atoms with Crippen molar-refractivity contribution in [2.75, 3.05) is 18.4 Å². The predicted octanol–water partition coefficient (Wildman–Crippen LogP) is 4.49. The van der Waals surface area contributed by atoms with Crippen LogP contribution in [0.5, 0.6) is 0 Å². The molecule has 0 atom stereocenters. The maximum atomic E-state index is 12.8. The van der Waals surface area contributed by atoms with Crippen LogP contribution in [0.2, 0.25) is 5.02 Å². The fourth-order valence-corrected chi connectivity index (χ4v) is 3.49. The first kappa shape index (κ1) is 18.5. The summed E-state index contributed by atoms with van der Waals surface area (Å²) in [6.07, 6.45) is 1.68. The lowest BCUT2D eigenvalue weighted by Crippen LogP contribution is -2.30. The Kier molecular flexibility index (Phi) is 5.33. The monoisotopic (exact) mass is 370 g/mol. The van der Waals surface area contributed by atoms with Crippen LogP contribution in [0.3, 0.4) is 0 Å². The first-order valence-corrected chi connectivity index (χ1v) is 9.35. The maximum absolute atomic E-state index is 12.8. The number of anilines is 1. The highest BCUT2D eigenvalue weighted by molar-refractivity contribution is 6.34. The minimum absolute atomic E-state index is 0.0254. The first-order chi connectivity index (χ1) is 12.5. The molecule has 1 aliphatic rings. The summed E-state index contributed by atoms with van der Waals surface area (Å²) >= 11 is 6.31. The number of amides is 2. The zero-order valence-electron chi connectivity index (χ0n) is 15.1. The maximum Gasteiger partial charge on any atom is 0.255 e. The fraction of sp³-hybridized carbons (Fsp3) is 0.333.